The fourth-order valence-electron chi connectivity index (χ4n) is 3.35. The van der Waals surface area contributed by atoms with Gasteiger partial charge < -0.3 is 10.1 Å². The number of hydrogen-bond donors (Lipinski definition) is 1. The van der Waals surface area contributed by atoms with Gasteiger partial charge in [0.1, 0.15) is 5.75 Å². The van der Waals surface area contributed by atoms with Crippen LogP contribution in [0.15, 0.2) is 90.0 Å². The Morgan fingerprint density at radius 3 is 2.37 bits per heavy atom. The van der Waals surface area contributed by atoms with E-state index in [2.05, 4.69) is 5.32 Å². The van der Waals surface area contributed by atoms with Crippen LogP contribution in [0.4, 0.5) is 11.4 Å². The van der Waals surface area contributed by atoms with Gasteiger partial charge in [-0.15, -0.1) is 0 Å². The van der Waals surface area contributed by atoms with Gasteiger partial charge in [0, 0.05) is 11.8 Å². The van der Waals surface area contributed by atoms with Crippen LogP contribution in [0.5, 0.6) is 5.75 Å². The lowest BCUT2D eigenvalue weighted by Gasteiger charge is -2.31. The molecule has 0 amide bonds. The maximum absolute atomic E-state index is 13.4. The van der Waals surface area contributed by atoms with E-state index in [0.717, 1.165) is 5.56 Å². The molecule has 0 fully saturated rings. The van der Waals surface area contributed by atoms with E-state index in [1.807, 2.05) is 30.3 Å². The molecule has 1 aliphatic heterocycles. The fraction of sp³-hybridized carbons (Fsp3) is 0.0870. The van der Waals surface area contributed by atoms with E-state index in [0.29, 0.717) is 22.7 Å². The third-order valence-corrected chi connectivity index (χ3v) is 6.61. The molecule has 0 saturated carbocycles. The Labute approximate surface area is 175 Å². The van der Waals surface area contributed by atoms with Crippen molar-refractivity contribution in [1.29, 1.82) is 0 Å². The molecule has 3 aromatic rings. The van der Waals surface area contributed by atoms with Crippen molar-refractivity contribution >= 4 is 27.2 Å². The number of ether oxygens (including phenoxy) is 1. The number of rotatable bonds is 5. The lowest BCUT2D eigenvalue weighted by Crippen LogP contribution is -2.39. The van der Waals surface area contributed by atoms with Gasteiger partial charge in [0.25, 0.3) is 10.0 Å². The molecule has 3 aromatic carbocycles. The molecule has 0 aromatic heterocycles. The summed E-state index contributed by atoms with van der Waals surface area (Å²) in [7, 11) is -2.55. The average molecular weight is 420 g/mol. The minimum atomic E-state index is -4.07. The minimum Gasteiger partial charge on any atom is -0.495 e. The monoisotopic (exact) mass is 420 g/mol. The molecule has 0 saturated heterocycles. The number of carbonyl (C=O) groups is 1. The molecular weight excluding hydrogens is 400 g/mol. The molecule has 0 radical (unpaired) electrons. The van der Waals surface area contributed by atoms with Crippen LogP contribution in [0, 0.1) is 0 Å². The van der Waals surface area contributed by atoms with Gasteiger partial charge in [-0.3, -0.25) is 9.10 Å². The van der Waals surface area contributed by atoms with Crippen molar-refractivity contribution in [3.8, 4) is 5.75 Å². The summed E-state index contributed by atoms with van der Waals surface area (Å²) in [6, 6.07) is 23.1. The van der Waals surface area contributed by atoms with Crippen LogP contribution in [-0.4, -0.2) is 21.3 Å². The van der Waals surface area contributed by atoms with Gasteiger partial charge in [0.05, 0.1) is 25.0 Å². The maximum atomic E-state index is 13.4. The summed E-state index contributed by atoms with van der Waals surface area (Å²) in [5.74, 6) is -0.00569. The molecule has 30 heavy (non-hydrogen) atoms. The van der Waals surface area contributed by atoms with Gasteiger partial charge in [0.15, 0.2) is 4.91 Å². The summed E-state index contributed by atoms with van der Waals surface area (Å²) in [6.45, 7) is 0.124. The van der Waals surface area contributed by atoms with Crippen molar-refractivity contribution in [2.45, 2.75) is 6.54 Å². The standard InChI is InChI=1S/C23H20N2O4S/c1-29-21-14-8-6-12-19(21)24-15-22-23(26)18-11-5-7-13-20(18)25(30(22,27)28)16-17-9-3-2-4-10-17/h2-15,24H,16H2,1H3/b22-15+. The van der Waals surface area contributed by atoms with Crippen LogP contribution in [0.2, 0.25) is 0 Å². The second-order valence-corrected chi connectivity index (χ2v) is 8.53. The number of Topliss-reactive ketones (excluding diaryl/α,β-unsaturated/α-hetero) is 1. The molecule has 0 unspecified atom stereocenters. The quantitative estimate of drug-likeness (QED) is 0.627. The molecule has 0 aliphatic carbocycles. The van der Waals surface area contributed by atoms with Crippen molar-refractivity contribution in [2.24, 2.45) is 0 Å². The molecule has 0 spiro atoms. The third kappa shape index (κ3) is 3.55. The zero-order valence-electron chi connectivity index (χ0n) is 16.3. The Kier molecular flexibility index (Phi) is 5.29. The zero-order chi connectivity index (χ0) is 21.1. The number of nitrogens with one attached hydrogen (secondary N) is 1. The van der Waals surface area contributed by atoms with E-state index in [9.17, 15) is 13.2 Å². The van der Waals surface area contributed by atoms with E-state index < -0.39 is 15.8 Å². The summed E-state index contributed by atoms with van der Waals surface area (Å²) >= 11 is 0. The van der Waals surface area contributed by atoms with Crippen molar-refractivity contribution in [3.63, 3.8) is 0 Å². The van der Waals surface area contributed by atoms with Gasteiger partial charge in [0.2, 0.25) is 5.78 Å². The van der Waals surface area contributed by atoms with Crippen LogP contribution >= 0.6 is 0 Å². The number of benzene rings is 3. The van der Waals surface area contributed by atoms with E-state index >= 15 is 0 Å². The molecule has 152 valence electrons. The number of nitrogens with zero attached hydrogens (tertiary/aromatic N) is 1. The number of fused-ring (bicyclic) bond motifs is 1. The summed E-state index contributed by atoms with van der Waals surface area (Å²) in [4.78, 5) is 12.7. The lowest BCUT2D eigenvalue weighted by molar-refractivity contribution is 0.104. The van der Waals surface area contributed by atoms with Crippen LogP contribution in [-0.2, 0) is 16.6 Å². The highest BCUT2D eigenvalue weighted by atomic mass is 32.2. The first kappa shape index (κ1) is 19.7. The van der Waals surface area contributed by atoms with Crippen LogP contribution < -0.4 is 14.4 Å². The van der Waals surface area contributed by atoms with Crippen molar-refractivity contribution in [2.75, 3.05) is 16.7 Å². The van der Waals surface area contributed by atoms with Gasteiger partial charge in [-0.05, 0) is 29.8 Å². The number of allylic oxidation sites excluding steroid dienone is 1. The molecule has 0 bridgehead atoms. The predicted molar refractivity (Wildman–Crippen MR) is 117 cm³/mol. The molecule has 6 nitrogen and oxygen atoms in total. The second-order valence-electron chi connectivity index (χ2n) is 6.70. The Morgan fingerprint density at radius 2 is 1.60 bits per heavy atom. The lowest BCUT2D eigenvalue weighted by atomic mass is 10.1. The molecule has 1 aliphatic rings. The van der Waals surface area contributed by atoms with E-state index in [-0.39, 0.29) is 11.4 Å². The van der Waals surface area contributed by atoms with Gasteiger partial charge in [-0.25, -0.2) is 8.42 Å². The number of carbonyl (C=O) groups excluding carboxylic acids is 1. The fourth-order valence-corrected chi connectivity index (χ4v) is 4.87. The number of para-hydroxylation sites is 3. The van der Waals surface area contributed by atoms with Gasteiger partial charge >= 0.3 is 0 Å². The predicted octanol–water partition coefficient (Wildman–Crippen LogP) is 4.18. The van der Waals surface area contributed by atoms with E-state index in [1.165, 1.54) is 17.6 Å². The number of methoxy groups -OCH3 is 1. The van der Waals surface area contributed by atoms with Crippen molar-refractivity contribution in [1.82, 2.24) is 0 Å². The Balaban J connectivity index is 1.79. The Bertz CT molecular complexity index is 1220. The Morgan fingerprint density at radius 1 is 0.933 bits per heavy atom. The first-order valence-corrected chi connectivity index (χ1v) is 10.8. The van der Waals surface area contributed by atoms with Gasteiger partial charge in [-0.1, -0.05) is 54.6 Å². The third-order valence-electron chi connectivity index (χ3n) is 4.84. The first-order chi connectivity index (χ1) is 14.5. The number of hydrogen-bond acceptors (Lipinski definition) is 5. The van der Waals surface area contributed by atoms with Crippen LogP contribution in [0.1, 0.15) is 15.9 Å². The largest absolute Gasteiger partial charge is 0.495 e. The maximum Gasteiger partial charge on any atom is 0.270 e. The summed E-state index contributed by atoms with van der Waals surface area (Å²) in [6.07, 6.45) is 1.24. The summed E-state index contributed by atoms with van der Waals surface area (Å²) < 4.78 is 33.4. The highest BCUT2D eigenvalue weighted by Crippen LogP contribution is 2.36. The molecule has 1 heterocycles. The number of sulfonamides is 1. The number of anilines is 2. The zero-order valence-corrected chi connectivity index (χ0v) is 17.1. The highest BCUT2D eigenvalue weighted by molar-refractivity contribution is 7.97. The SMILES string of the molecule is COc1ccccc1N/C=C1\C(=O)c2ccccc2N(Cc2ccccc2)S1(=O)=O. The van der Waals surface area contributed by atoms with Gasteiger partial charge in [-0.2, -0.15) is 0 Å². The molecular formula is C23H20N2O4S. The highest BCUT2D eigenvalue weighted by Gasteiger charge is 2.40. The summed E-state index contributed by atoms with van der Waals surface area (Å²) in [5.41, 5.74) is 2.10. The number of ketones is 1. The summed E-state index contributed by atoms with van der Waals surface area (Å²) in [5, 5.41) is 2.92. The van der Waals surface area contributed by atoms with E-state index in [4.69, 9.17) is 4.74 Å². The van der Waals surface area contributed by atoms with E-state index in [1.54, 1.807) is 48.5 Å². The van der Waals surface area contributed by atoms with Crippen molar-refractivity contribution in [3.05, 3.63) is 101 Å². The van der Waals surface area contributed by atoms with Crippen LogP contribution in [0.25, 0.3) is 0 Å². The van der Waals surface area contributed by atoms with Crippen molar-refractivity contribution < 1.29 is 17.9 Å². The second kappa shape index (κ2) is 8.04. The molecule has 4 rings (SSSR count). The molecule has 7 heteroatoms. The Hall–Kier alpha value is -3.58. The molecule has 0 atom stereocenters. The first-order valence-electron chi connectivity index (χ1n) is 9.32. The smallest absolute Gasteiger partial charge is 0.270 e. The topological polar surface area (TPSA) is 75.7 Å². The molecule has 1 N–H and O–H groups in total. The minimum absolute atomic E-state index is 0.124. The van der Waals surface area contributed by atoms with Crippen LogP contribution in [0.3, 0.4) is 0 Å². The average Bonchev–Trinajstić information content (AvgIpc) is 2.77. The normalized spacial score (nSPS) is 16.2.